The lowest BCUT2D eigenvalue weighted by atomic mass is 10.2. The molecule has 3 aromatic heterocycles. The van der Waals surface area contributed by atoms with E-state index in [0.717, 1.165) is 28.7 Å². The van der Waals surface area contributed by atoms with Crippen molar-refractivity contribution in [3.63, 3.8) is 0 Å². The van der Waals surface area contributed by atoms with Crippen molar-refractivity contribution in [3.05, 3.63) is 90.1 Å². The van der Waals surface area contributed by atoms with Gasteiger partial charge in [0.15, 0.2) is 17.4 Å². The fraction of sp³-hybridized carbons (Fsp3) is 0.185. The maximum Gasteiger partial charge on any atom is 0.183 e. The number of rotatable bonds is 9. The highest BCUT2D eigenvalue weighted by Crippen LogP contribution is 2.31. The van der Waals surface area contributed by atoms with Crippen LogP contribution in [0, 0.1) is 5.82 Å². The molecule has 8 nitrogen and oxygen atoms in total. The fourth-order valence-corrected chi connectivity index (χ4v) is 3.92. The topological polar surface area (TPSA) is 98.0 Å². The number of para-hydroxylation sites is 1. The van der Waals surface area contributed by atoms with Crippen LogP contribution in [0.15, 0.2) is 73.1 Å². The number of aromatic nitrogens is 5. The number of fused-ring (bicyclic) bond motifs is 1. The van der Waals surface area contributed by atoms with Crippen molar-refractivity contribution >= 4 is 22.4 Å². The van der Waals surface area contributed by atoms with E-state index in [0.29, 0.717) is 28.6 Å². The lowest BCUT2D eigenvalue weighted by Crippen LogP contribution is -2.07. The number of anilines is 2. The monoisotopic (exact) mass is 484 g/mol. The Bertz CT molecular complexity index is 1500. The van der Waals surface area contributed by atoms with Crippen molar-refractivity contribution in [2.45, 2.75) is 19.9 Å². The second-order valence-corrected chi connectivity index (χ2v) is 8.11. The number of aryl methyl sites for hydroxylation is 1. The summed E-state index contributed by atoms with van der Waals surface area (Å²) in [6, 6.07) is 18.2. The summed E-state index contributed by atoms with van der Waals surface area (Å²) in [4.78, 5) is 13.6. The van der Waals surface area contributed by atoms with E-state index in [9.17, 15) is 9.50 Å². The zero-order valence-corrected chi connectivity index (χ0v) is 19.7. The minimum Gasteiger partial charge on any atom is -0.486 e. The largest absolute Gasteiger partial charge is 0.486 e. The van der Waals surface area contributed by atoms with Gasteiger partial charge >= 0.3 is 0 Å². The Balaban J connectivity index is 1.57. The van der Waals surface area contributed by atoms with Gasteiger partial charge in [0.1, 0.15) is 18.1 Å². The van der Waals surface area contributed by atoms with Crippen molar-refractivity contribution in [3.8, 4) is 17.3 Å². The molecule has 0 saturated carbocycles. The molecule has 0 radical (unpaired) electrons. The number of halogens is 1. The van der Waals surface area contributed by atoms with Crippen molar-refractivity contribution < 1.29 is 14.2 Å². The Labute approximate surface area is 207 Å². The third-order valence-corrected chi connectivity index (χ3v) is 5.69. The van der Waals surface area contributed by atoms with Gasteiger partial charge in [-0.05, 0) is 30.7 Å². The summed E-state index contributed by atoms with van der Waals surface area (Å²) in [7, 11) is 0. The maximum atomic E-state index is 14.4. The molecule has 36 heavy (non-hydrogen) atoms. The van der Waals surface area contributed by atoms with E-state index in [4.69, 9.17) is 14.8 Å². The molecule has 0 spiro atoms. The molecule has 0 unspecified atom stereocenters. The molecule has 2 N–H and O–H groups in total. The molecule has 0 aliphatic rings. The summed E-state index contributed by atoms with van der Waals surface area (Å²) in [6.07, 6.45) is 4.09. The van der Waals surface area contributed by atoms with Crippen molar-refractivity contribution in [1.82, 2.24) is 24.7 Å². The van der Waals surface area contributed by atoms with E-state index in [2.05, 4.69) is 15.3 Å². The number of hydrogen-bond acceptors (Lipinski definition) is 7. The van der Waals surface area contributed by atoms with Gasteiger partial charge in [-0.1, -0.05) is 43.3 Å². The molecular formula is C27H25FN6O2. The average molecular weight is 485 g/mol. The predicted molar refractivity (Wildman–Crippen MR) is 136 cm³/mol. The van der Waals surface area contributed by atoms with Crippen LogP contribution in [0.3, 0.4) is 0 Å². The Kier molecular flexibility index (Phi) is 6.81. The first-order valence-corrected chi connectivity index (χ1v) is 11.7. The molecule has 0 fully saturated rings. The normalized spacial score (nSPS) is 11.1. The van der Waals surface area contributed by atoms with Gasteiger partial charge in [-0.2, -0.15) is 5.10 Å². The van der Waals surface area contributed by atoms with Gasteiger partial charge in [0.2, 0.25) is 0 Å². The molecule has 0 saturated heterocycles. The summed E-state index contributed by atoms with van der Waals surface area (Å²) in [5.41, 5.74) is 3.69. The Morgan fingerprint density at radius 3 is 2.72 bits per heavy atom. The second kappa shape index (κ2) is 10.5. The van der Waals surface area contributed by atoms with Gasteiger partial charge in [-0.25, -0.2) is 14.4 Å². The lowest BCUT2D eigenvalue weighted by molar-refractivity contribution is 0.201. The Morgan fingerprint density at radius 1 is 1.06 bits per heavy atom. The van der Waals surface area contributed by atoms with Crippen LogP contribution in [0.2, 0.25) is 0 Å². The number of aliphatic hydroxyl groups is 1. The van der Waals surface area contributed by atoms with Crippen LogP contribution in [0.25, 0.3) is 22.4 Å². The molecule has 5 aromatic rings. The molecule has 5 rings (SSSR count). The van der Waals surface area contributed by atoms with Crippen LogP contribution in [-0.2, 0) is 13.0 Å². The summed E-state index contributed by atoms with van der Waals surface area (Å²) in [5, 5.41) is 18.1. The van der Waals surface area contributed by atoms with E-state index < -0.39 is 0 Å². The zero-order chi connectivity index (χ0) is 24.9. The molecular weight excluding hydrogens is 459 g/mol. The number of hydrogen-bond donors (Lipinski definition) is 2. The third kappa shape index (κ3) is 4.87. The lowest BCUT2D eigenvalue weighted by Gasteiger charge is -2.13. The first-order chi connectivity index (χ1) is 17.7. The maximum absolute atomic E-state index is 14.4. The van der Waals surface area contributed by atoms with Crippen molar-refractivity contribution in [1.29, 1.82) is 0 Å². The SMILES string of the molecule is CCc1cc(Nc2nc(-c3nn(Cc4ccccc4F)c4ccccc34)ncc2OCCO)ccn1. The molecule has 0 aliphatic heterocycles. The van der Waals surface area contributed by atoms with Crippen LogP contribution >= 0.6 is 0 Å². The summed E-state index contributed by atoms with van der Waals surface area (Å²) >= 11 is 0. The fourth-order valence-electron chi connectivity index (χ4n) is 3.92. The minimum atomic E-state index is -0.282. The van der Waals surface area contributed by atoms with E-state index in [-0.39, 0.29) is 25.6 Å². The Morgan fingerprint density at radius 2 is 1.89 bits per heavy atom. The van der Waals surface area contributed by atoms with E-state index in [1.165, 1.54) is 6.07 Å². The highest BCUT2D eigenvalue weighted by atomic mass is 19.1. The highest BCUT2D eigenvalue weighted by Gasteiger charge is 2.18. The van der Waals surface area contributed by atoms with Gasteiger partial charge < -0.3 is 15.2 Å². The third-order valence-electron chi connectivity index (χ3n) is 5.69. The smallest absolute Gasteiger partial charge is 0.183 e. The van der Waals surface area contributed by atoms with Crippen LogP contribution < -0.4 is 10.1 Å². The second-order valence-electron chi connectivity index (χ2n) is 8.11. The van der Waals surface area contributed by atoms with Gasteiger partial charge in [-0.3, -0.25) is 9.67 Å². The van der Waals surface area contributed by atoms with Gasteiger partial charge in [0, 0.05) is 28.5 Å². The van der Waals surface area contributed by atoms with Crippen LogP contribution in [0.4, 0.5) is 15.9 Å². The highest BCUT2D eigenvalue weighted by molar-refractivity contribution is 5.92. The number of benzene rings is 2. The first kappa shape index (κ1) is 23.4. The van der Waals surface area contributed by atoms with Gasteiger partial charge in [-0.15, -0.1) is 0 Å². The number of nitrogens with zero attached hydrogens (tertiary/aromatic N) is 5. The predicted octanol–water partition coefficient (Wildman–Crippen LogP) is 4.75. The summed E-state index contributed by atoms with van der Waals surface area (Å²) in [5.74, 6) is 0.949. The molecule has 0 atom stereocenters. The summed E-state index contributed by atoms with van der Waals surface area (Å²) < 4.78 is 21.8. The van der Waals surface area contributed by atoms with Crippen LogP contribution in [-0.4, -0.2) is 43.1 Å². The minimum absolute atomic E-state index is 0.105. The number of pyridine rings is 1. The average Bonchev–Trinajstić information content (AvgIpc) is 3.28. The zero-order valence-electron chi connectivity index (χ0n) is 19.7. The van der Waals surface area contributed by atoms with Crippen molar-refractivity contribution in [2.75, 3.05) is 18.5 Å². The van der Waals surface area contributed by atoms with Crippen LogP contribution in [0.1, 0.15) is 18.2 Å². The molecule has 0 aliphatic carbocycles. The van der Waals surface area contributed by atoms with E-state index >= 15 is 0 Å². The molecule has 0 bridgehead atoms. The Hall–Kier alpha value is -4.37. The number of aliphatic hydroxyl groups excluding tert-OH is 1. The molecule has 3 heterocycles. The van der Waals surface area contributed by atoms with Gasteiger partial charge in [0.05, 0.1) is 24.9 Å². The van der Waals surface area contributed by atoms with E-state index in [1.807, 2.05) is 43.3 Å². The first-order valence-electron chi connectivity index (χ1n) is 11.7. The quantitative estimate of drug-likeness (QED) is 0.311. The summed E-state index contributed by atoms with van der Waals surface area (Å²) in [6.45, 7) is 2.27. The number of nitrogens with one attached hydrogen (secondary N) is 1. The molecule has 2 aromatic carbocycles. The van der Waals surface area contributed by atoms with Crippen LogP contribution in [0.5, 0.6) is 5.75 Å². The van der Waals surface area contributed by atoms with E-state index in [1.54, 1.807) is 35.3 Å². The van der Waals surface area contributed by atoms with Gasteiger partial charge in [0.25, 0.3) is 0 Å². The van der Waals surface area contributed by atoms with Crippen molar-refractivity contribution in [2.24, 2.45) is 0 Å². The molecule has 0 amide bonds. The standard InChI is InChI=1S/C27H25FN6O2/c1-2-19-15-20(11-12-29-19)31-26-24(36-14-13-35)16-30-27(32-26)25-21-8-4-6-10-23(21)34(33-25)17-18-7-3-5-9-22(18)28/h3-12,15-16,35H,2,13-14,17H2,1H3,(H,29,30,31,32). The molecule has 9 heteroatoms. The molecule has 182 valence electrons. The number of ether oxygens (including phenoxy) is 1.